The van der Waals surface area contributed by atoms with Crippen molar-refractivity contribution in [1.82, 2.24) is 0 Å². The number of anilines is 6. The number of hydrogen-bond donors (Lipinski definition) is 0. The fraction of sp³-hybridized carbons (Fsp3) is 0.137. The van der Waals surface area contributed by atoms with Gasteiger partial charge in [0.05, 0.1) is 14.2 Å². The molecular weight excluding hydrogens is 705 g/mol. The molecule has 0 amide bonds. The molecule has 0 aliphatic rings. The highest BCUT2D eigenvalue weighted by molar-refractivity contribution is 5.85. The van der Waals surface area contributed by atoms with Crippen molar-refractivity contribution in [3.8, 4) is 22.3 Å². The molecule has 0 spiro atoms. The van der Waals surface area contributed by atoms with Gasteiger partial charge in [0.2, 0.25) is 0 Å². The highest BCUT2D eigenvalue weighted by atomic mass is 16.5. The average Bonchev–Trinajstić information content (AvgIpc) is 3.26. The number of hydrogen-bond acceptors (Lipinski definition) is 6. The van der Waals surface area contributed by atoms with Crippen LogP contribution in [0.3, 0.4) is 0 Å². The fourth-order valence-corrected chi connectivity index (χ4v) is 7.08. The molecule has 0 unspecified atom stereocenters. The molecule has 0 atom stereocenters. The van der Waals surface area contributed by atoms with Crippen molar-refractivity contribution in [3.63, 3.8) is 0 Å². The lowest BCUT2D eigenvalue weighted by Gasteiger charge is -2.30. The maximum absolute atomic E-state index is 11.9. The molecule has 0 aliphatic heterocycles. The number of aryl methyl sites for hydroxylation is 3. The monoisotopic (exact) mass is 750 g/mol. The van der Waals surface area contributed by atoms with Gasteiger partial charge >= 0.3 is 11.9 Å². The van der Waals surface area contributed by atoms with Crippen LogP contribution in [0.1, 0.15) is 29.5 Å². The Hall–Kier alpha value is -6.92. The summed E-state index contributed by atoms with van der Waals surface area (Å²) in [5.74, 6) is -0.441. The summed E-state index contributed by atoms with van der Waals surface area (Å²) >= 11 is 0. The first-order chi connectivity index (χ1) is 27.9. The van der Waals surface area contributed by atoms with Gasteiger partial charge < -0.3 is 19.3 Å². The van der Waals surface area contributed by atoms with Crippen LogP contribution in [0.25, 0.3) is 22.3 Å². The van der Waals surface area contributed by atoms with E-state index in [1.807, 2.05) is 12.1 Å². The predicted molar refractivity (Wildman–Crippen MR) is 232 cm³/mol. The molecule has 6 nitrogen and oxygen atoms in total. The summed E-state index contributed by atoms with van der Waals surface area (Å²) < 4.78 is 9.77. The number of carbonyl (C=O) groups excluding carboxylic acids is 2. The molecular formula is C51H46N2O4. The van der Waals surface area contributed by atoms with E-state index < -0.39 is 0 Å². The number of rotatable bonds is 14. The number of nitrogens with zero attached hydrogens (tertiary/aromatic N) is 2. The molecule has 0 saturated heterocycles. The Kier molecular flexibility index (Phi) is 12.2. The van der Waals surface area contributed by atoms with Crippen LogP contribution in [0.15, 0.2) is 176 Å². The minimum absolute atomic E-state index is 0.221. The lowest BCUT2D eigenvalue weighted by molar-refractivity contribution is -0.141. The van der Waals surface area contributed by atoms with Crippen LogP contribution in [0.5, 0.6) is 0 Å². The second kappa shape index (κ2) is 18.1. The zero-order valence-corrected chi connectivity index (χ0v) is 32.6. The quantitative estimate of drug-likeness (QED) is 0.103. The van der Waals surface area contributed by atoms with Crippen molar-refractivity contribution in [2.45, 2.75) is 32.6 Å². The molecule has 0 fully saturated rings. The van der Waals surface area contributed by atoms with E-state index in [1.54, 1.807) is 0 Å². The lowest BCUT2D eigenvalue weighted by atomic mass is 10.0. The third kappa shape index (κ3) is 9.49. The number of benzene rings is 7. The van der Waals surface area contributed by atoms with E-state index in [-0.39, 0.29) is 11.9 Å². The second-order valence-corrected chi connectivity index (χ2v) is 14.0. The van der Waals surface area contributed by atoms with Gasteiger partial charge in [0, 0.05) is 47.0 Å². The van der Waals surface area contributed by atoms with Crippen molar-refractivity contribution < 1.29 is 19.1 Å². The Balaban J connectivity index is 1.31. The van der Waals surface area contributed by atoms with Gasteiger partial charge in [0.15, 0.2) is 0 Å². The first-order valence-electron chi connectivity index (χ1n) is 19.2. The maximum atomic E-state index is 11.9. The molecule has 7 rings (SSSR count). The highest BCUT2D eigenvalue weighted by Gasteiger charge is 2.19. The van der Waals surface area contributed by atoms with Crippen molar-refractivity contribution in [2.24, 2.45) is 0 Å². The number of ether oxygens (including phenoxy) is 2. The Morgan fingerprint density at radius 2 is 0.719 bits per heavy atom. The molecule has 7 aromatic carbocycles. The Bertz CT molecular complexity index is 2220. The van der Waals surface area contributed by atoms with E-state index in [4.69, 9.17) is 9.47 Å². The summed E-state index contributed by atoms with van der Waals surface area (Å²) in [6, 6.07) is 61.6. The minimum Gasteiger partial charge on any atom is -0.469 e. The van der Waals surface area contributed by atoms with E-state index in [0.29, 0.717) is 25.7 Å². The Morgan fingerprint density at radius 1 is 0.404 bits per heavy atom. The van der Waals surface area contributed by atoms with Crippen LogP contribution in [0.4, 0.5) is 34.1 Å². The first kappa shape index (κ1) is 38.4. The predicted octanol–water partition coefficient (Wildman–Crippen LogP) is 12.5. The summed E-state index contributed by atoms with van der Waals surface area (Å²) in [5.41, 5.74) is 13.9. The number of esters is 2. The van der Waals surface area contributed by atoms with Crippen LogP contribution in [0, 0.1) is 6.92 Å². The molecule has 284 valence electrons. The Labute approximate surface area is 335 Å². The van der Waals surface area contributed by atoms with Gasteiger partial charge in [0.25, 0.3) is 0 Å². The molecule has 0 radical (unpaired) electrons. The average molecular weight is 751 g/mol. The maximum Gasteiger partial charge on any atom is 0.305 e. The number of methoxy groups -OCH3 is 2. The van der Waals surface area contributed by atoms with E-state index in [1.165, 1.54) is 14.2 Å². The smallest absolute Gasteiger partial charge is 0.305 e. The van der Waals surface area contributed by atoms with Gasteiger partial charge in [-0.3, -0.25) is 9.59 Å². The SMILES string of the molecule is COC(=O)CCc1ccc(N(c2ccc(-c3ccccc3)cc2)c2cc(C)cc(N(c3ccc(CCC(=O)OC)cc3)c3ccc(-c4ccccc4)cc3)c2)cc1. The number of carbonyl (C=O) groups is 2. The molecule has 0 N–H and O–H groups in total. The highest BCUT2D eigenvalue weighted by Crippen LogP contribution is 2.42. The largest absolute Gasteiger partial charge is 0.469 e. The second-order valence-electron chi connectivity index (χ2n) is 14.0. The third-order valence-corrected chi connectivity index (χ3v) is 10.1. The molecule has 57 heavy (non-hydrogen) atoms. The normalized spacial score (nSPS) is 10.8. The van der Waals surface area contributed by atoms with Gasteiger partial charge in [-0.1, -0.05) is 109 Å². The molecule has 0 bridgehead atoms. The fourth-order valence-electron chi connectivity index (χ4n) is 7.08. The van der Waals surface area contributed by atoms with Crippen LogP contribution < -0.4 is 9.80 Å². The molecule has 7 aromatic rings. The lowest BCUT2D eigenvalue weighted by Crippen LogP contribution is -2.14. The van der Waals surface area contributed by atoms with Gasteiger partial charge in [-0.25, -0.2) is 0 Å². The molecule has 0 aliphatic carbocycles. The van der Waals surface area contributed by atoms with E-state index in [2.05, 4.69) is 181 Å². The zero-order valence-electron chi connectivity index (χ0n) is 32.6. The van der Waals surface area contributed by atoms with Crippen LogP contribution in [-0.2, 0) is 31.9 Å². The molecule has 0 aromatic heterocycles. The standard InChI is InChI=1S/C51H46N2O4/c1-37-34-48(52(44-24-14-38(15-25-44)18-32-50(54)56-2)46-28-20-42(21-29-46)40-10-6-4-7-11-40)36-49(35-37)53(45-26-16-39(17-27-45)19-33-51(55)57-3)47-30-22-43(23-31-47)41-12-8-5-9-13-41/h4-17,20-31,34-36H,18-19,32-33H2,1-3H3. The van der Waals surface area contributed by atoms with Crippen LogP contribution in [0.2, 0.25) is 0 Å². The summed E-state index contributed by atoms with van der Waals surface area (Å²) in [4.78, 5) is 28.4. The summed E-state index contributed by atoms with van der Waals surface area (Å²) in [6.07, 6.45) is 1.87. The van der Waals surface area contributed by atoms with E-state index in [9.17, 15) is 9.59 Å². The van der Waals surface area contributed by atoms with Gasteiger partial charge in [-0.2, -0.15) is 0 Å². The van der Waals surface area contributed by atoms with Crippen LogP contribution in [-0.4, -0.2) is 26.2 Å². The third-order valence-electron chi connectivity index (χ3n) is 10.1. The molecule has 6 heteroatoms. The van der Waals surface area contributed by atoms with Gasteiger partial charge in [-0.15, -0.1) is 0 Å². The summed E-state index contributed by atoms with van der Waals surface area (Å²) in [7, 11) is 2.85. The van der Waals surface area contributed by atoms with Gasteiger partial charge in [0.1, 0.15) is 0 Å². The molecule has 0 heterocycles. The van der Waals surface area contributed by atoms with E-state index in [0.717, 1.165) is 73.1 Å². The van der Waals surface area contributed by atoms with Crippen molar-refractivity contribution in [3.05, 3.63) is 193 Å². The van der Waals surface area contributed by atoms with Crippen molar-refractivity contribution >= 4 is 46.1 Å². The topological polar surface area (TPSA) is 59.1 Å². The minimum atomic E-state index is -0.221. The summed E-state index contributed by atoms with van der Waals surface area (Å²) in [6.45, 7) is 2.13. The van der Waals surface area contributed by atoms with Crippen molar-refractivity contribution in [1.29, 1.82) is 0 Å². The zero-order chi connectivity index (χ0) is 39.6. The molecule has 0 saturated carbocycles. The first-order valence-corrected chi connectivity index (χ1v) is 19.2. The van der Waals surface area contributed by atoms with Crippen LogP contribution >= 0.6 is 0 Å². The van der Waals surface area contributed by atoms with E-state index >= 15 is 0 Å². The summed E-state index contributed by atoms with van der Waals surface area (Å²) in [5, 5.41) is 0. The Morgan fingerprint density at radius 3 is 1.05 bits per heavy atom. The van der Waals surface area contributed by atoms with Gasteiger partial charge in [-0.05, 0) is 125 Å². The van der Waals surface area contributed by atoms with Crippen molar-refractivity contribution in [2.75, 3.05) is 24.0 Å².